The first-order valence-electron chi connectivity index (χ1n) is 13.4. The smallest absolute Gasteiger partial charge is 0.331 e. The van der Waals surface area contributed by atoms with Crippen LogP contribution in [0.2, 0.25) is 0 Å². The van der Waals surface area contributed by atoms with Crippen molar-refractivity contribution >= 4 is 39.3 Å². The van der Waals surface area contributed by atoms with Crippen molar-refractivity contribution in [3.05, 3.63) is 119 Å². The quantitative estimate of drug-likeness (QED) is 0.0955. The molecule has 0 amide bonds. The maximum Gasteiger partial charge on any atom is 0.331 e. The molecule has 4 aromatic carbocycles. The van der Waals surface area contributed by atoms with E-state index < -0.39 is 5.97 Å². The van der Waals surface area contributed by atoms with Gasteiger partial charge in [-0.1, -0.05) is 78.0 Å². The van der Waals surface area contributed by atoms with Crippen molar-refractivity contribution in [2.45, 2.75) is 26.8 Å². The van der Waals surface area contributed by atoms with Crippen LogP contribution in [0.1, 0.15) is 39.5 Å². The van der Waals surface area contributed by atoms with Gasteiger partial charge < -0.3 is 14.3 Å². The third kappa shape index (κ3) is 5.58. The largest absolute Gasteiger partial charge is 0.340 e. The Kier molecular flexibility index (Phi) is 7.89. The van der Waals surface area contributed by atoms with Crippen LogP contribution in [-0.4, -0.2) is 47.6 Å². The van der Waals surface area contributed by atoms with Gasteiger partial charge in [0.15, 0.2) is 5.78 Å². The molecule has 0 fully saturated rings. The zero-order valence-corrected chi connectivity index (χ0v) is 23.3. The van der Waals surface area contributed by atoms with E-state index in [1.807, 2.05) is 86.6 Å². The Balaban J connectivity index is 1.72. The van der Waals surface area contributed by atoms with E-state index in [0.29, 0.717) is 23.4 Å². The molecule has 0 aliphatic rings. The Morgan fingerprint density at radius 1 is 0.850 bits per heavy atom. The molecular weight excluding hydrogens is 498 g/mol. The fraction of sp³-hybridized carbons (Fsp3) is 0.206. The molecule has 6 heteroatoms. The molecule has 0 saturated heterocycles. The van der Waals surface area contributed by atoms with Crippen LogP contribution in [0.25, 0.3) is 21.8 Å². The van der Waals surface area contributed by atoms with Crippen molar-refractivity contribution in [1.82, 2.24) is 9.47 Å². The van der Waals surface area contributed by atoms with Gasteiger partial charge in [-0.15, -0.1) is 0 Å². The number of fused-ring (bicyclic) bond motifs is 3. The fourth-order valence-corrected chi connectivity index (χ4v) is 5.22. The van der Waals surface area contributed by atoms with Gasteiger partial charge in [-0.3, -0.25) is 4.79 Å². The third-order valence-electron chi connectivity index (χ3n) is 7.06. The van der Waals surface area contributed by atoms with Gasteiger partial charge in [0.05, 0.1) is 5.52 Å². The monoisotopic (exact) mass is 531 g/mol. The molecule has 0 aliphatic heterocycles. The standard InChI is InChI=1S/C34H33N3O3/c1-23-11-8-9-14-27(23)34(39)26-17-18-32-30(21-26)28-15-10-16-29(31(22-36(3)4)35-40-24(2)38)33(28)37(32)20-19-25-12-6-5-7-13-25/h5-18,21H,19-20,22H2,1-4H3/b35-31+. The Hall–Kier alpha value is -4.55. The Morgan fingerprint density at radius 3 is 2.30 bits per heavy atom. The number of rotatable bonds is 9. The summed E-state index contributed by atoms with van der Waals surface area (Å²) in [7, 11) is 3.91. The summed E-state index contributed by atoms with van der Waals surface area (Å²) in [6.07, 6.45) is 0.835. The number of nitrogens with zero attached hydrogens (tertiary/aromatic N) is 3. The number of likely N-dealkylation sites (N-methyl/N-ethyl adjacent to an activating group) is 1. The molecule has 0 aliphatic carbocycles. The van der Waals surface area contributed by atoms with E-state index in [0.717, 1.165) is 45.9 Å². The SMILES string of the molecule is CC(=O)O/N=C(\CN(C)C)c1cccc2c3cc(C(=O)c4ccccc4C)ccc3n(CCc3ccccc3)c12. The molecule has 5 rings (SSSR count). The molecule has 0 bridgehead atoms. The van der Waals surface area contributed by atoms with Crippen LogP contribution < -0.4 is 0 Å². The van der Waals surface area contributed by atoms with E-state index in [-0.39, 0.29) is 5.78 Å². The predicted molar refractivity (Wildman–Crippen MR) is 161 cm³/mol. The van der Waals surface area contributed by atoms with Crippen molar-refractivity contribution in [2.75, 3.05) is 20.6 Å². The summed E-state index contributed by atoms with van der Waals surface area (Å²) in [5, 5.41) is 6.29. The average molecular weight is 532 g/mol. The van der Waals surface area contributed by atoms with E-state index in [4.69, 9.17) is 4.84 Å². The van der Waals surface area contributed by atoms with Crippen LogP contribution in [0.3, 0.4) is 0 Å². The predicted octanol–water partition coefficient (Wildman–Crippen LogP) is 6.41. The minimum atomic E-state index is -0.465. The zero-order chi connectivity index (χ0) is 28.2. The third-order valence-corrected chi connectivity index (χ3v) is 7.06. The highest BCUT2D eigenvalue weighted by molar-refractivity contribution is 6.19. The van der Waals surface area contributed by atoms with E-state index in [9.17, 15) is 9.59 Å². The minimum Gasteiger partial charge on any atom is -0.340 e. The maximum atomic E-state index is 13.5. The first kappa shape index (κ1) is 27.0. The Labute approximate surface area is 234 Å². The van der Waals surface area contributed by atoms with E-state index >= 15 is 0 Å². The Bertz CT molecular complexity index is 1730. The second-order valence-electron chi connectivity index (χ2n) is 10.3. The summed E-state index contributed by atoms with van der Waals surface area (Å²) in [4.78, 5) is 32.3. The highest BCUT2D eigenvalue weighted by atomic mass is 16.7. The van der Waals surface area contributed by atoms with E-state index in [1.54, 1.807) is 0 Å². The number of oxime groups is 1. The lowest BCUT2D eigenvalue weighted by Crippen LogP contribution is -2.24. The Morgan fingerprint density at radius 2 is 1.57 bits per heavy atom. The molecule has 0 spiro atoms. The molecular formula is C34H33N3O3. The van der Waals surface area contributed by atoms with Gasteiger partial charge in [0.2, 0.25) is 0 Å². The number of aryl methyl sites for hydroxylation is 3. The molecule has 5 aromatic rings. The number of hydrogen-bond donors (Lipinski definition) is 0. The minimum absolute atomic E-state index is 0.00561. The summed E-state index contributed by atoms with van der Waals surface area (Å²) in [6, 6.07) is 30.1. The lowest BCUT2D eigenvalue weighted by molar-refractivity contribution is -0.140. The van der Waals surface area contributed by atoms with Crippen LogP contribution in [-0.2, 0) is 22.6 Å². The van der Waals surface area contributed by atoms with Crippen LogP contribution in [0, 0.1) is 6.92 Å². The maximum absolute atomic E-state index is 13.5. The molecule has 0 atom stereocenters. The molecule has 0 saturated carbocycles. The summed E-state index contributed by atoms with van der Waals surface area (Å²) in [6.45, 7) is 4.53. The van der Waals surface area contributed by atoms with Crippen LogP contribution in [0.5, 0.6) is 0 Å². The van der Waals surface area contributed by atoms with Gasteiger partial charge in [0, 0.05) is 53.0 Å². The average Bonchev–Trinajstić information content (AvgIpc) is 3.27. The van der Waals surface area contributed by atoms with E-state index in [1.165, 1.54) is 12.5 Å². The summed E-state index contributed by atoms with van der Waals surface area (Å²) >= 11 is 0. The zero-order valence-electron chi connectivity index (χ0n) is 23.3. The summed E-state index contributed by atoms with van der Waals surface area (Å²) in [5.41, 5.74) is 7.14. The fourth-order valence-electron chi connectivity index (χ4n) is 5.22. The van der Waals surface area contributed by atoms with E-state index in [2.05, 4.69) is 40.1 Å². The number of hydrogen-bond acceptors (Lipinski definition) is 5. The van der Waals surface area contributed by atoms with Gasteiger partial charge in [0.1, 0.15) is 5.71 Å². The highest BCUT2D eigenvalue weighted by Crippen LogP contribution is 2.33. The molecule has 40 heavy (non-hydrogen) atoms. The molecule has 0 radical (unpaired) electrons. The lowest BCUT2D eigenvalue weighted by atomic mass is 9.97. The second-order valence-corrected chi connectivity index (χ2v) is 10.3. The number of benzene rings is 4. The van der Waals surface area contributed by atoms with Gasteiger partial charge in [0.25, 0.3) is 0 Å². The van der Waals surface area contributed by atoms with Crippen LogP contribution >= 0.6 is 0 Å². The molecule has 1 heterocycles. The van der Waals surface area contributed by atoms with Gasteiger partial charge in [-0.2, -0.15) is 0 Å². The molecule has 1 aromatic heterocycles. The second kappa shape index (κ2) is 11.7. The molecule has 0 unspecified atom stereocenters. The van der Waals surface area contributed by atoms with Crippen LogP contribution in [0.15, 0.2) is 96.2 Å². The van der Waals surface area contributed by atoms with Gasteiger partial charge >= 0.3 is 5.97 Å². The summed E-state index contributed by atoms with van der Waals surface area (Å²) < 4.78 is 2.30. The first-order valence-corrected chi connectivity index (χ1v) is 13.4. The topological polar surface area (TPSA) is 63.9 Å². The number of aromatic nitrogens is 1. The van der Waals surface area contributed by atoms with Gasteiger partial charge in [-0.25, -0.2) is 4.79 Å². The van der Waals surface area contributed by atoms with Crippen molar-refractivity contribution in [1.29, 1.82) is 0 Å². The van der Waals surface area contributed by atoms with Crippen molar-refractivity contribution in [3.63, 3.8) is 0 Å². The van der Waals surface area contributed by atoms with Crippen LogP contribution in [0.4, 0.5) is 0 Å². The number of para-hydroxylation sites is 1. The van der Waals surface area contributed by atoms with Gasteiger partial charge in [-0.05, 0) is 56.8 Å². The number of carbonyl (C=O) groups is 2. The molecule has 6 nitrogen and oxygen atoms in total. The van der Waals surface area contributed by atoms with Crippen molar-refractivity contribution in [3.8, 4) is 0 Å². The highest BCUT2D eigenvalue weighted by Gasteiger charge is 2.20. The molecule has 0 N–H and O–H groups in total. The number of carbonyl (C=O) groups excluding carboxylic acids is 2. The normalized spacial score (nSPS) is 11.9. The van der Waals surface area contributed by atoms with Crippen molar-refractivity contribution in [2.24, 2.45) is 5.16 Å². The summed E-state index contributed by atoms with van der Waals surface area (Å²) in [5.74, 6) is -0.460. The lowest BCUT2D eigenvalue weighted by Gasteiger charge is -2.15. The first-order chi connectivity index (χ1) is 19.3. The van der Waals surface area contributed by atoms with Crippen molar-refractivity contribution < 1.29 is 14.4 Å². The number of ketones is 1. The molecule has 202 valence electrons.